The van der Waals surface area contributed by atoms with Crippen LogP contribution in [0.2, 0.25) is 1.41 Å². The van der Waals surface area contributed by atoms with Crippen LogP contribution in [0.1, 0.15) is 0 Å². The number of aromatic amines is 1. The van der Waals surface area contributed by atoms with E-state index in [4.69, 9.17) is 6.52 Å². The Kier molecular flexibility index (Phi) is 5.79. The van der Waals surface area contributed by atoms with Crippen LogP contribution >= 0.6 is 22.6 Å². The maximum absolute atomic E-state index is 11.7. The van der Waals surface area contributed by atoms with Crippen molar-refractivity contribution in [1.82, 2.24) is 4.98 Å². The van der Waals surface area contributed by atoms with Crippen LogP contribution in [0.4, 0.5) is 5.69 Å². The van der Waals surface area contributed by atoms with Crippen LogP contribution in [0.5, 0.6) is 0 Å². The predicted octanol–water partition coefficient (Wildman–Crippen LogP) is -0.813. The summed E-state index contributed by atoms with van der Waals surface area (Å²) in [5, 5.41) is 39.4. The summed E-state index contributed by atoms with van der Waals surface area (Å²) >= 11 is 1.89. The average molecular weight is 449 g/mol. The van der Waals surface area contributed by atoms with Gasteiger partial charge in [0.05, 0.1) is 15.7 Å². The second-order valence-corrected chi connectivity index (χ2v) is 6.37. The molecule has 2 rings (SSSR count). The van der Waals surface area contributed by atoms with Crippen LogP contribution in [0.15, 0.2) is 29.1 Å². The first kappa shape index (κ1) is 17.3. The van der Waals surface area contributed by atoms with Crippen LogP contribution in [0.25, 0.3) is 10.9 Å². The zero-order valence-corrected chi connectivity index (χ0v) is 14.5. The van der Waals surface area contributed by atoms with Crippen molar-refractivity contribution in [2.75, 3.05) is 11.9 Å². The fourth-order valence-electron chi connectivity index (χ4n) is 2.14. The fraction of sp³-hybridized carbons (Fsp3) is 0.333. The average Bonchev–Trinajstić information content (AvgIpc) is 2.61. The number of hydrogen-bond donors (Lipinski definition) is 6. The van der Waals surface area contributed by atoms with Gasteiger partial charge in [-0.15, -0.1) is 0 Å². The molecule has 2 aromatic rings. The molecule has 0 fully saturated rings. The molecule has 6 N–H and O–H groups in total. The minimum atomic E-state index is -1.81. The lowest BCUT2D eigenvalue weighted by Gasteiger charge is -2.26. The second kappa shape index (κ2) is 8.03. The molecule has 130 valence electrons. The van der Waals surface area contributed by atoms with Crippen molar-refractivity contribution in [3.63, 3.8) is 0 Å². The number of H-pyrrole nitrogens is 1. The highest BCUT2D eigenvalue weighted by molar-refractivity contribution is 14.1. The van der Waals surface area contributed by atoms with E-state index in [2.05, 4.69) is 4.98 Å². The first-order valence-corrected chi connectivity index (χ1v) is 8.09. The number of rotatable bonds is 7. The molecule has 0 saturated carbocycles. The van der Waals surface area contributed by atoms with Gasteiger partial charge in [0, 0.05) is 5.69 Å². The van der Waals surface area contributed by atoms with Crippen LogP contribution in [-0.4, -0.2) is 62.7 Å². The Morgan fingerprint density at radius 1 is 1.29 bits per heavy atom. The first-order chi connectivity index (χ1) is 11.8. The molecule has 0 spiro atoms. The Hall–Kier alpha value is -1.53. The molecule has 0 saturated heterocycles. The van der Waals surface area contributed by atoms with E-state index in [-0.39, 0.29) is 17.5 Å². The van der Waals surface area contributed by atoms with E-state index in [0.29, 0.717) is 14.4 Å². The van der Waals surface area contributed by atoms with Crippen LogP contribution in [0, 0.1) is 3.57 Å². The smallest absolute Gasteiger partial charge is 0.261 e. The number of anilines is 1. The molecule has 0 unspecified atom stereocenters. The van der Waals surface area contributed by atoms with E-state index in [1.54, 1.807) is 12.1 Å². The zero-order chi connectivity index (χ0) is 18.7. The molecule has 0 amide bonds. The van der Waals surface area contributed by atoms with Gasteiger partial charge in [-0.2, -0.15) is 0 Å². The monoisotopic (exact) mass is 449 g/mol. The molecule has 24 heavy (non-hydrogen) atoms. The molecule has 0 aliphatic heterocycles. The number of pyridine rings is 1. The van der Waals surface area contributed by atoms with Gasteiger partial charge in [0.2, 0.25) is 0 Å². The van der Waals surface area contributed by atoms with E-state index in [9.17, 15) is 24.9 Å². The maximum atomic E-state index is 11.7. The Labute approximate surface area is 151 Å². The number of benzene rings is 1. The van der Waals surface area contributed by atoms with Crippen molar-refractivity contribution in [2.45, 2.75) is 24.4 Å². The summed E-state index contributed by atoms with van der Waals surface area (Å²) in [5.74, 6) is 0. The molecule has 4 atom stereocenters. The van der Waals surface area contributed by atoms with E-state index in [0.717, 1.165) is 5.39 Å². The van der Waals surface area contributed by atoms with Crippen LogP contribution in [0.3, 0.4) is 0 Å². The molecule has 9 heteroatoms. The van der Waals surface area contributed by atoms with Crippen LogP contribution < -0.4 is 10.9 Å². The maximum Gasteiger partial charge on any atom is 0.261 e. The van der Waals surface area contributed by atoms with E-state index in [1.807, 2.05) is 22.6 Å². The highest BCUT2D eigenvalue weighted by atomic mass is 127. The van der Waals surface area contributed by atoms with Gasteiger partial charge in [0.25, 0.3) is 5.56 Å². The lowest BCUT2D eigenvalue weighted by Crippen LogP contribution is -2.49. The molecular formula is C15H17IN2O6. The highest BCUT2D eigenvalue weighted by Gasteiger charge is 2.31. The van der Waals surface area contributed by atoms with Gasteiger partial charge in [-0.1, -0.05) is 6.07 Å². The van der Waals surface area contributed by atoms with Gasteiger partial charge >= 0.3 is 0 Å². The van der Waals surface area contributed by atoms with E-state index < -0.39 is 31.0 Å². The molecule has 0 aliphatic rings. The van der Waals surface area contributed by atoms with Gasteiger partial charge in [-0.05, 0) is 46.2 Å². The minimum absolute atomic E-state index is 0.186. The summed E-state index contributed by atoms with van der Waals surface area (Å²) in [7, 11) is 0. The van der Waals surface area contributed by atoms with Gasteiger partial charge in [-0.3, -0.25) is 4.79 Å². The molecule has 1 heterocycles. The van der Waals surface area contributed by atoms with Gasteiger partial charge in [-0.25, -0.2) is 0 Å². The molecule has 0 radical (unpaired) electrons. The third-order valence-electron chi connectivity index (χ3n) is 3.50. The molecule has 0 bridgehead atoms. The van der Waals surface area contributed by atoms with E-state index >= 15 is 0 Å². The third kappa shape index (κ3) is 4.11. The number of fused-ring (bicyclic) bond motifs is 1. The summed E-state index contributed by atoms with van der Waals surface area (Å²) in [6.07, 6.45) is -5.01. The second-order valence-electron chi connectivity index (χ2n) is 5.20. The van der Waals surface area contributed by atoms with Gasteiger partial charge < -0.3 is 35.5 Å². The standard InChI is InChI=1S/C15H17IN2O6/c16-9-3-7-1-2-8(4-10(7)18-15(9)24)17-11(5-19)13(22)14(23)12(21)6-20/h1-5,11-14,17,20-23H,6H2,(H,18,24)/t11-,12+,13+,14+/m0/s1/i/hD. The van der Waals surface area contributed by atoms with Crippen molar-refractivity contribution in [3.8, 4) is 0 Å². The molecular weight excluding hydrogens is 431 g/mol. The Morgan fingerprint density at radius 3 is 2.62 bits per heavy atom. The van der Waals surface area contributed by atoms with Crippen molar-refractivity contribution >= 4 is 45.5 Å². The topological polar surface area (TPSA) is 143 Å². The molecule has 8 nitrogen and oxygen atoms in total. The third-order valence-corrected chi connectivity index (χ3v) is 4.30. The summed E-state index contributed by atoms with van der Waals surface area (Å²) in [5.41, 5.74) is 0.330. The number of aliphatic hydroxyl groups excluding tert-OH is 4. The summed E-state index contributed by atoms with van der Waals surface area (Å²) < 4.78 is 8.56. The summed E-state index contributed by atoms with van der Waals surface area (Å²) in [6, 6.07) is 4.78. The molecule has 1 aromatic heterocycles. The lowest BCUT2D eigenvalue weighted by molar-refractivity contribution is -0.117. The zero-order valence-electron chi connectivity index (χ0n) is 13.3. The number of nitrogens with one attached hydrogen (secondary N) is 2. The Balaban J connectivity index is 2.35. The van der Waals surface area contributed by atoms with Crippen molar-refractivity contribution in [1.29, 1.82) is 0 Å². The predicted molar refractivity (Wildman–Crippen MR) is 95.9 cm³/mol. The van der Waals surface area contributed by atoms with Crippen LogP contribution in [-0.2, 0) is 4.79 Å². The first-order valence-electron chi connectivity index (χ1n) is 7.46. The van der Waals surface area contributed by atoms with Crippen molar-refractivity contribution in [3.05, 3.63) is 38.2 Å². The summed E-state index contributed by atoms with van der Waals surface area (Å²) in [6.45, 7) is -0.808. The van der Waals surface area contributed by atoms with E-state index in [1.165, 1.54) is 12.1 Å². The lowest BCUT2D eigenvalue weighted by atomic mass is 10.0. The largest absolute Gasteiger partial charge is 0.394 e. The minimum Gasteiger partial charge on any atom is -0.394 e. The number of aldehydes is 1. The molecule has 0 aliphatic carbocycles. The SMILES string of the molecule is [2H]N(c1ccc2cc(I)c(=O)[nH]c2c1)[C@@H](C=O)[C@@H](O)[C@H](O)[C@H](O)CO. The number of aromatic nitrogens is 1. The fourth-order valence-corrected chi connectivity index (χ4v) is 2.61. The molecule has 1 aromatic carbocycles. The number of halogens is 1. The quantitative estimate of drug-likeness (QED) is 0.240. The highest BCUT2D eigenvalue weighted by Crippen LogP contribution is 2.19. The van der Waals surface area contributed by atoms with Gasteiger partial charge in [0.15, 0.2) is 1.41 Å². The Morgan fingerprint density at radius 2 is 2.00 bits per heavy atom. The normalized spacial score (nSPS) is 17.0. The van der Waals surface area contributed by atoms with Crippen molar-refractivity contribution in [2.24, 2.45) is 0 Å². The number of carbonyl (C=O) groups excluding carboxylic acids is 1. The van der Waals surface area contributed by atoms with Crippen molar-refractivity contribution < 1.29 is 26.6 Å². The number of hydrogen-bond acceptors (Lipinski definition) is 7. The number of carbonyl (C=O) groups is 1. The number of aliphatic hydroxyl groups is 4. The summed E-state index contributed by atoms with van der Waals surface area (Å²) in [4.78, 5) is 25.7. The van der Waals surface area contributed by atoms with Gasteiger partial charge in [0.1, 0.15) is 30.6 Å². The Bertz CT molecular complexity index is 816.